The monoisotopic (exact) mass is 248 g/mol. The second kappa shape index (κ2) is 4.39. The molecule has 0 aromatic heterocycles. The molecule has 2 rings (SSSR count). The van der Waals surface area contributed by atoms with Gasteiger partial charge in [0.15, 0.2) is 0 Å². The molecular formula is C15H20O3. The fraction of sp³-hybridized carbons (Fsp3) is 0.533. The molecule has 2 N–H and O–H groups in total. The van der Waals surface area contributed by atoms with Gasteiger partial charge in [0, 0.05) is 0 Å². The Morgan fingerprint density at radius 3 is 2.67 bits per heavy atom. The zero-order valence-electron chi connectivity index (χ0n) is 11.1. The molecule has 98 valence electrons. The molecular weight excluding hydrogens is 228 g/mol. The third-order valence-corrected chi connectivity index (χ3v) is 4.03. The number of aliphatic hydroxyl groups is 1. The van der Waals surface area contributed by atoms with Crippen molar-refractivity contribution in [2.75, 3.05) is 0 Å². The Kier molecular flexibility index (Phi) is 3.20. The highest BCUT2D eigenvalue weighted by Gasteiger charge is 2.35. The maximum atomic E-state index is 11.1. The largest absolute Gasteiger partial charge is 0.478 e. The Labute approximate surface area is 107 Å². The van der Waals surface area contributed by atoms with Crippen LogP contribution >= 0.6 is 0 Å². The third kappa shape index (κ3) is 2.15. The van der Waals surface area contributed by atoms with Crippen LogP contribution in [0.25, 0.3) is 0 Å². The van der Waals surface area contributed by atoms with E-state index in [9.17, 15) is 9.90 Å². The number of hydrogen-bond donors (Lipinski definition) is 2. The summed E-state index contributed by atoms with van der Waals surface area (Å²) in [7, 11) is 0. The third-order valence-electron chi connectivity index (χ3n) is 4.03. The molecule has 0 unspecified atom stereocenters. The van der Waals surface area contributed by atoms with Crippen LogP contribution in [0.4, 0.5) is 0 Å². The number of hydrogen-bond acceptors (Lipinski definition) is 2. The van der Waals surface area contributed by atoms with E-state index in [1.807, 2.05) is 6.92 Å². The molecule has 0 bridgehead atoms. The van der Waals surface area contributed by atoms with Gasteiger partial charge in [-0.2, -0.15) is 0 Å². The number of fused-ring (bicyclic) bond motifs is 1. The van der Waals surface area contributed by atoms with Crippen molar-refractivity contribution in [1.29, 1.82) is 0 Å². The van der Waals surface area contributed by atoms with Crippen LogP contribution in [-0.2, 0) is 5.60 Å². The van der Waals surface area contributed by atoms with Gasteiger partial charge in [-0.25, -0.2) is 4.79 Å². The van der Waals surface area contributed by atoms with E-state index in [1.165, 1.54) is 0 Å². The Morgan fingerprint density at radius 2 is 2.11 bits per heavy atom. The molecule has 2 atom stereocenters. The van der Waals surface area contributed by atoms with Gasteiger partial charge in [-0.1, -0.05) is 19.9 Å². The fourth-order valence-electron chi connectivity index (χ4n) is 2.91. The minimum atomic E-state index is -0.912. The molecule has 1 aliphatic rings. The molecule has 0 radical (unpaired) electrons. The molecule has 1 aromatic carbocycles. The van der Waals surface area contributed by atoms with Crippen LogP contribution in [0.5, 0.6) is 0 Å². The smallest absolute Gasteiger partial charge is 0.335 e. The zero-order chi connectivity index (χ0) is 13.5. The predicted molar refractivity (Wildman–Crippen MR) is 69.8 cm³/mol. The molecule has 0 fully saturated rings. The van der Waals surface area contributed by atoms with E-state index in [-0.39, 0.29) is 0 Å². The summed E-state index contributed by atoms with van der Waals surface area (Å²) in [6, 6.07) is 5.08. The lowest BCUT2D eigenvalue weighted by molar-refractivity contribution is 0.0317. The van der Waals surface area contributed by atoms with Crippen molar-refractivity contribution in [3.63, 3.8) is 0 Å². The van der Waals surface area contributed by atoms with E-state index < -0.39 is 11.6 Å². The van der Waals surface area contributed by atoms with E-state index >= 15 is 0 Å². The molecule has 1 aliphatic carbocycles. The topological polar surface area (TPSA) is 57.5 Å². The molecule has 3 heteroatoms. The maximum absolute atomic E-state index is 11.1. The molecule has 0 saturated carbocycles. The Morgan fingerprint density at radius 1 is 1.44 bits per heavy atom. The Balaban J connectivity index is 2.57. The normalized spacial score (nSPS) is 27.1. The van der Waals surface area contributed by atoms with Gasteiger partial charge in [0.25, 0.3) is 0 Å². The van der Waals surface area contributed by atoms with Gasteiger partial charge in [0.05, 0.1) is 11.2 Å². The van der Waals surface area contributed by atoms with Crippen LogP contribution in [0.15, 0.2) is 18.2 Å². The van der Waals surface area contributed by atoms with Gasteiger partial charge < -0.3 is 10.2 Å². The summed E-state index contributed by atoms with van der Waals surface area (Å²) >= 11 is 0. The number of carboxylic acid groups (broad SMARTS) is 1. The van der Waals surface area contributed by atoms with Crippen molar-refractivity contribution in [3.05, 3.63) is 34.9 Å². The summed E-state index contributed by atoms with van der Waals surface area (Å²) < 4.78 is 0. The minimum Gasteiger partial charge on any atom is -0.478 e. The number of aromatic carboxylic acids is 1. The van der Waals surface area contributed by atoms with Gasteiger partial charge in [-0.3, -0.25) is 0 Å². The van der Waals surface area contributed by atoms with E-state index in [1.54, 1.807) is 18.2 Å². The predicted octanol–water partition coefficient (Wildman–Crippen LogP) is 3.13. The average Bonchev–Trinajstić information content (AvgIpc) is 2.27. The Bertz CT molecular complexity index is 475. The van der Waals surface area contributed by atoms with Crippen LogP contribution < -0.4 is 0 Å². The van der Waals surface area contributed by atoms with E-state index in [4.69, 9.17) is 5.11 Å². The standard InChI is InChI=1S/C15H20O3/c1-9(2)11-6-7-15(3,18)13-5-4-10(14(16)17)8-12(11)13/h4-5,8-9,11,18H,6-7H2,1-3H3,(H,16,17)/t11-,15+/m0/s1. The van der Waals surface area contributed by atoms with Crippen molar-refractivity contribution < 1.29 is 15.0 Å². The number of rotatable bonds is 2. The lowest BCUT2D eigenvalue weighted by atomic mass is 9.70. The van der Waals surface area contributed by atoms with Crippen molar-refractivity contribution in [2.45, 2.75) is 45.1 Å². The molecule has 3 nitrogen and oxygen atoms in total. The molecule has 0 amide bonds. The molecule has 0 spiro atoms. The molecule has 0 heterocycles. The van der Waals surface area contributed by atoms with Crippen LogP contribution in [0.1, 0.15) is 61.0 Å². The number of carboxylic acids is 1. The highest BCUT2D eigenvalue weighted by molar-refractivity contribution is 5.88. The molecule has 1 aromatic rings. The summed E-state index contributed by atoms with van der Waals surface area (Å²) in [4.78, 5) is 11.1. The summed E-state index contributed by atoms with van der Waals surface area (Å²) in [6.45, 7) is 6.09. The van der Waals surface area contributed by atoms with Crippen molar-refractivity contribution >= 4 is 5.97 Å². The molecule has 18 heavy (non-hydrogen) atoms. The van der Waals surface area contributed by atoms with Crippen LogP contribution in [0, 0.1) is 5.92 Å². The van der Waals surface area contributed by atoms with Gasteiger partial charge in [-0.15, -0.1) is 0 Å². The second-order valence-electron chi connectivity index (χ2n) is 5.77. The van der Waals surface area contributed by atoms with Crippen LogP contribution in [0.2, 0.25) is 0 Å². The van der Waals surface area contributed by atoms with Crippen molar-refractivity contribution in [3.8, 4) is 0 Å². The van der Waals surface area contributed by atoms with Crippen molar-refractivity contribution in [1.82, 2.24) is 0 Å². The minimum absolute atomic E-state index is 0.303. The number of benzene rings is 1. The van der Waals surface area contributed by atoms with E-state index in [0.29, 0.717) is 17.4 Å². The van der Waals surface area contributed by atoms with Gasteiger partial charge >= 0.3 is 5.97 Å². The average molecular weight is 248 g/mol. The first-order valence-corrected chi connectivity index (χ1v) is 6.43. The summed E-state index contributed by atoms with van der Waals surface area (Å²) in [5.74, 6) is -0.131. The highest BCUT2D eigenvalue weighted by atomic mass is 16.4. The summed E-state index contributed by atoms with van der Waals surface area (Å²) in [5, 5.41) is 19.5. The Hall–Kier alpha value is -1.35. The first-order chi connectivity index (χ1) is 8.33. The zero-order valence-corrected chi connectivity index (χ0v) is 11.1. The van der Waals surface area contributed by atoms with E-state index in [2.05, 4.69) is 13.8 Å². The summed E-state index contributed by atoms with van der Waals surface area (Å²) in [5.41, 5.74) is 1.35. The molecule has 0 aliphatic heterocycles. The van der Waals surface area contributed by atoms with Gasteiger partial charge in [-0.05, 0) is 54.9 Å². The lowest BCUT2D eigenvalue weighted by Crippen LogP contribution is -2.30. The lowest BCUT2D eigenvalue weighted by Gasteiger charge is -2.37. The maximum Gasteiger partial charge on any atom is 0.335 e. The fourth-order valence-corrected chi connectivity index (χ4v) is 2.91. The van der Waals surface area contributed by atoms with Crippen LogP contribution in [-0.4, -0.2) is 16.2 Å². The SMILES string of the molecule is CC(C)[C@@H]1CC[C@@](C)(O)c2ccc(C(=O)O)cc21. The number of carbonyl (C=O) groups is 1. The highest BCUT2D eigenvalue weighted by Crippen LogP contribution is 2.44. The van der Waals surface area contributed by atoms with Crippen molar-refractivity contribution in [2.24, 2.45) is 5.92 Å². The second-order valence-corrected chi connectivity index (χ2v) is 5.77. The molecule has 0 saturated heterocycles. The van der Waals surface area contributed by atoms with E-state index in [0.717, 1.165) is 24.0 Å². The quantitative estimate of drug-likeness (QED) is 0.845. The van der Waals surface area contributed by atoms with Gasteiger partial charge in [0.1, 0.15) is 0 Å². The summed E-state index contributed by atoms with van der Waals surface area (Å²) in [6.07, 6.45) is 1.63. The van der Waals surface area contributed by atoms with Gasteiger partial charge in [0.2, 0.25) is 0 Å². The van der Waals surface area contributed by atoms with Crippen LogP contribution in [0.3, 0.4) is 0 Å². The first-order valence-electron chi connectivity index (χ1n) is 6.43. The first kappa shape index (κ1) is 13.1.